The molecule has 1 rings (SSSR count). The highest BCUT2D eigenvalue weighted by atomic mass is 16.5. The average Bonchev–Trinajstić information content (AvgIpc) is 2.31. The zero-order valence-corrected chi connectivity index (χ0v) is 9.08. The maximum Gasteiger partial charge on any atom is 0.322 e. The second-order valence-electron chi connectivity index (χ2n) is 3.27. The summed E-state index contributed by atoms with van der Waals surface area (Å²) in [5.74, 6) is -1.07. The molecule has 0 spiro atoms. The van der Waals surface area contributed by atoms with Crippen molar-refractivity contribution in [3.63, 3.8) is 0 Å². The van der Waals surface area contributed by atoms with Crippen molar-refractivity contribution >= 4 is 5.97 Å². The van der Waals surface area contributed by atoms with Gasteiger partial charge in [0.15, 0.2) is 5.56 Å². The van der Waals surface area contributed by atoms with Gasteiger partial charge < -0.3 is 20.1 Å². The topological polar surface area (TPSA) is 118 Å². The van der Waals surface area contributed by atoms with Crippen LogP contribution in [0.2, 0.25) is 0 Å². The predicted octanol–water partition coefficient (Wildman–Crippen LogP) is -0.860. The number of rotatable bonds is 4. The van der Waals surface area contributed by atoms with Gasteiger partial charge in [0, 0.05) is 6.20 Å². The van der Waals surface area contributed by atoms with Gasteiger partial charge in [0.25, 0.3) is 5.56 Å². The summed E-state index contributed by atoms with van der Waals surface area (Å²) in [4.78, 5) is 22.3. The van der Waals surface area contributed by atoms with E-state index in [1.54, 1.807) is 6.07 Å². The van der Waals surface area contributed by atoms with Crippen LogP contribution in [0.15, 0.2) is 17.1 Å². The van der Waals surface area contributed by atoms with Crippen LogP contribution in [0.5, 0.6) is 5.75 Å². The maximum absolute atomic E-state index is 11.7. The summed E-state index contributed by atoms with van der Waals surface area (Å²) in [6.45, 7) is -0.202. The molecule has 1 aromatic heterocycles. The van der Waals surface area contributed by atoms with Crippen LogP contribution >= 0.6 is 0 Å². The fraction of sp³-hybridized carbons (Fsp3) is 0.300. The molecule has 1 heterocycles. The number of hydrogen-bond acceptors (Lipinski definition) is 5. The standard InChI is InChI=1S/C10H11N3O4/c1-17-8-2-3-13(5-7(12)10(15)16)9(14)6(8)4-11/h2-3,7H,5,12H2,1H3,(H,15,16)/t7-/m0/s1. The molecule has 0 aliphatic rings. The van der Waals surface area contributed by atoms with Gasteiger partial charge in [-0.05, 0) is 6.07 Å². The number of pyridine rings is 1. The van der Waals surface area contributed by atoms with Crippen LogP contribution in [0.3, 0.4) is 0 Å². The molecule has 0 amide bonds. The summed E-state index contributed by atoms with van der Waals surface area (Å²) in [7, 11) is 1.34. The minimum atomic E-state index is -1.22. The Labute approximate surface area is 96.6 Å². The number of aliphatic carboxylic acids is 1. The molecule has 0 aliphatic carbocycles. The monoisotopic (exact) mass is 237 g/mol. The minimum absolute atomic E-state index is 0.151. The molecule has 0 saturated heterocycles. The highest BCUT2D eigenvalue weighted by molar-refractivity contribution is 5.72. The number of carboxylic acids is 1. The molecule has 0 aliphatic heterocycles. The van der Waals surface area contributed by atoms with Crippen molar-refractivity contribution in [2.75, 3.05) is 7.11 Å². The number of nitriles is 1. The lowest BCUT2D eigenvalue weighted by molar-refractivity contribution is -0.138. The summed E-state index contributed by atoms with van der Waals surface area (Å²) in [6.07, 6.45) is 1.34. The molecular formula is C10H11N3O4. The number of carbonyl (C=O) groups is 1. The maximum atomic E-state index is 11.7. The molecule has 17 heavy (non-hydrogen) atoms. The first-order chi connectivity index (χ1) is 8.01. The molecule has 1 atom stereocenters. The molecule has 0 bridgehead atoms. The molecular weight excluding hydrogens is 226 g/mol. The molecule has 7 heteroatoms. The molecule has 0 radical (unpaired) electrons. The first kappa shape index (κ1) is 12.7. The third-order valence-corrected chi connectivity index (χ3v) is 2.17. The fourth-order valence-corrected chi connectivity index (χ4v) is 1.26. The Bertz CT molecular complexity index is 529. The lowest BCUT2D eigenvalue weighted by Crippen LogP contribution is -2.38. The van der Waals surface area contributed by atoms with Crippen molar-refractivity contribution in [1.29, 1.82) is 5.26 Å². The SMILES string of the molecule is COc1ccn(C[C@H](N)C(=O)O)c(=O)c1C#N. The van der Waals surface area contributed by atoms with E-state index in [-0.39, 0.29) is 17.9 Å². The molecule has 90 valence electrons. The van der Waals surface area contributed by atoms with E-state index >= 15 is 0 Å². The molecule has 0 saturated carbocycles. The zero-order valence-electron chi connectivity index (χ0n) is 9.08. The van der Waals surface area contributed by atoms with Crippen molar-refractivity contribution < 1.29 is 14.6 Å². The van der Waals surface area contributed by atoms with E-state index in [0.717, 1.165) is 4.57 Å². The molecule has 7 nitrogen and oxygen atoms in total. The van der Waals surface area contributed by atoms with E-state index in [4.69, 9.17) is 20.8 Å². The van der Waals surface area contributed by atoms with Crippen LogP contribution in [0.1, 0.15) is 5.56 Å². The van der Waals surface area contributed by atoms with Gasteiger partial charge in [-0.15, -0.1) is 0 Å². The highest BCUT2D eigenvalue weighted by Crippen LogP contribution is 2.11. The molecule has 0 fully saturated rings. The summed E-state index contributed by atoms with van der Waals surface area (Å²) in [5.41, 5.74) is 4.51. The smallest absolute Gasteiger partial charge is 0.322 e. The Morgan fingerprint density at radius 2 is 2.41 bits per heavy atom. The van der Waals surface area contributed by atoms with Gasteiger partial charge in [-0.2, -0.15) is 5.26 Å². The van der Waals surface area contributed by atoms with Crippen molar-refractivity contribution in [3.05, 3.63) is 28.2 Å². The van der Waals surface area contributed by atoms with E-state index in [9.17, 15) is 9.59 Å². The third kappa shape index (κ3) is 2.62. The molecule has 3 N–H and O–H groups in total. The normalized spacial score (nSPS) is 11.6. The molecule has 0 unspecified atom stereocenters. The van der Waals surface area contributed by atoms with Gasteiger partial charge in [-0.25, -0.2) is 0 Å². The quantitative estimate of drug-likeness (QED) is 0.703. The second kappa shape index (κ2) is 5.14. The number of aromatic nitrogens is 1. The van der Waals surface area contributed by atoms with Crippen molar-refractivity contribution in [3.8, 4) is 11.8 Å². The number of hydrogen-bond donors (Lipinski definition) is 2. The predicted molar refractivity (Wildman–Crippen MR) is 57.6 cm³/mol. The van der Waals surface area contributed by atoms with Crippen LogP contribution < -0.4 is 16.0 Å². The zero-order chi connectivity index (χ0) is 13.0. The fourth-order valence-electron chi connectivity index (χ4n) is 1.26. The van der Waals surface area contributed by atoms with Crippen molar-refractivity contribution in [2.24, 2.45) is 5.73 Å². The average molecular weight is 237 g/mol. The Hall–Kier alpha value is -2.33. The van der Waals surface area contributed by atoms with E-state index in [2.05, 4.69) is 0 Å². The van der Waals surface area contributed by atoms with Crippen LogP contribution in [0.4, 0.5) is 0 Å². The van der Waals surface area contributed by atoms with Gasteiger partial charge in [0.1, 0.15) is 17.9 Å². The summed E-state index contributed by atoms with van der Waals surface area (Å²) in [6, 6.07) is 1.92. The first-order valence-electron chi connectivity index (χ1n) is 4.67. The third-order valence-electron chi connectivity index (χ3n) is 2.17. The molecule has 1 aromatic rings. The van der Waals surface area contributed by atoms with Crippen LogP contribution in [0, 0.1) is 11.3 Å². The number of methoxy groups -OCH3 is 1. The van der Waals surface area contributed by atoms with Gasteiger partial charge in [-0.3, -0.25) is 9.59 Å². The van der Waals surface area contributed by atoms with Crippen LogP contribution in [0.25, 0.3) is 0 Å². The summed E-state index contributed by atoms with van der Waals surface area (Å²) in [5, 5.41) is 17.4. The van der Waals surface area contributed by atoms with Crippen molar-refractivity contribution in [2.45, 2.75) is 12.6 Å². The second-order valence-corrected chi connectivity index (χ2v) is 3.27. The van der Waals surface area contributed by atoms with Crippen molar-refractivity contribution in [1.82, 2.24) is 4.57 Å². The number of nitrogens with zero attached hydrogens (tertiary/aromatic N) is 2. The number of ether oxygens (including phenoxy) is 1. The highest BCUT2D eigenvalue weighted by Gasteiger charge is 2.15. The van der Waals surface area contributed by atoms with E-state index in [1.165, 1.54) is 19.4 Å². The first-order valence-corrected chi connectivity index (χ1v) is 4.67. The van der Waals surface area contributed by atoms with Gasteiger partial charge in [0.05, 0.1) is 13.7 Å². The van der Waals surface area contributed by atoms with Gasteiger partial charge in [-0.1, -0.05) is 0 Å². The van der Waals surface area contributed by atoms with Gasteiger partial charge in [0.2, 0.25) is 0 Å². The number of carboxylic acid groups (broad SMARTS) is 1. The lowest BCUT2D eigenvalue weighted by atomic mass is 10.2. The van der Waals surface area contributed by atoms with E-state index in [1.807, 2.05) is 0 Å². The van der Waals surface area contributed by atoms with E-state index < -0.39 is 17.6 Å². The molecule has 0 aromatic carbocycles. The number of nitrogens with two attached hydrogens (primary N) is 1. The Balaban J connectivity index is 3.17. The Morgan fingerprint density at radius 3 is 2.88 bits per heavy atom. The van der Waals surface area contributed by atoms with Crippen LogP contribution in [-0.4, -0.2) is 28.8 Å². The van der Waals surface area contributed by atoms with E-state index in [0.29, 0.717) is 0 Å². The largest absolute Gasteiger partial charge is 0.495 e. The van der Waals surface area contributed by atoms with Crippen LogP contribution in [-0.2, 0) is 11.3 Å². The summed E-state index contributed by atoms with van der Waals surface area (Å²) < 4.78 is 5.91. The Morgan fingerprint density at radius 1 is 1.76 bits per heavy atom. The Kier molecular flexibility index (Phi) is 3.85. The lowest BCUT2D eigenvalue weighted by Gasteiger charge is -2.10. The van der Waals surface area contributed by atoms with Gasteiger partial charge >= 0.3 is 5.97 Å². The minimum Gasteiger partial charge on any atom is -0.495 e. The summed E-state index contributed by atoms with van der Waals surface area (Å²) >= 11 is 0.